The van der Waals surface area contributed by atoms with Gasteiger partial charge in [0, 0.05) is 32.7 Å². The Morgan fingerprint density at radius 3 is 2.80 bits per heavy atom. The minimum absolute atomic E-state index is 0.00301. The zero-order chi connectivity index (χ0) is 17.7. The van der Waals surface area contributed by atoms with Crippen LogP contribution in [0, 0.1) is 0 Å². The maximum absolute atomic E-state index is 12.5. The molecule has 2 saturated heterocycles. The average Bonchev–Trinajstić information content (AvgIpc) is 2.62. The lowest BCUT2D eigenvalue weighted by atomic mass is 10.1. The van der Waals surface area contributed by atoms with Gasteiger partial charge in [0.05, 0.1) is 25.4 Å². The fourth-order valence-electron chi connectivity index (χ4n) is 3.44. The number of urea groups is 1. The Balaban J connectivity index is 1.43. The van der Waals surface area contributed by atoms with Gasteiger partial charge in [-0.15, -0.1) is 0 Å². The van der Waals surface area contributed by atoms with Crippen LogP contribution in [-0.4, -0.2) is 73.9 Å². The first-order valence-corrected chi connectivity index (χ1v) is 9.09. The van der Waals surface area contributed by atoms with Gasteiger partial charge in [0.1, 0.15) is 6.10 Å². The fourth-order valence-corrected chi connectivity index (χ4v) is 3.44. The van der Waals surface area contributed by atoms with Crippen LogP contribution >= 0.6 is 0 Å². The third-order valence-electron chi connectivity index (χ3n) is 4.73. The molecule has 0 spiro atoms. The summed E-state index contributed by atoms with van der Waals surface area (Å²) in [6, 6.07) is 10.1. The fraction of sp³-hybridized carbons (Fsp3) is 0.632. The topological polar surface area (TPSA) is 54.0 Å². The summed E-state index contributed by atoms with van der Waals surface area (Å²) in [5.74, 6) is 0. The van der Waals surface area contributed by atoms with E-state index >= 15 is 0 Å². The normalized spacial score (nSPS) is 24.1. The Morgan fingerprint density at radius 2 is 2.04 bits per heavy atom. The van der Waals surface area contributed by atoms with E-state index in [9.17, 15) is 4.79 Å². The van der Waals surface area contributed by atoms with Crippen LogP contribution in [0.15, 0.2) is 30.3 Å². The quantitative estimate of drug-likeness (QED) is 0.904. The maximum atomic E-state index is 12.5. The standard InChI is InChI=1S/C19H29N3O3/c1-19(2)15-21(10-13-25-19)9-8-20-18(23)22-11-12-24-17(14-22)16-6-4-3-5-7-16/h3-7,17H,8-15H2,1-2H3,(H,20,23). The number of carbonyl (C=O) groups is 1. The first-order valence-electron chi connectivity index (χ1n) is 9.09. The number of benzene rings is 1. The molecular formula is C19H29N3O3. The van der Waals surface area contributed by atoms with Gasteiger partial charge < -0.3 is 19.7 Å². The number of hydrogen-bond acceptors (Lipinski definition) is 4. The smallest absolute Gasteiger partial charge is 0.317 e. The van der Waals surface area contributed by atoms with Crippen LogP contribution in [0.5, 0.6) is 0 Å². The molecule has 6 heteroatoms. The van der Waals surface area contributed by atoms with Gasteiger partial charge in [0.15, 0.2) is 0 Å². The minimum atomic E-state index is -0.102. The van der Waals surface area contributed by atoms with Crippen molar-refractivity contribution in [2.75, 3.05) is 52.5 Å². The van der Waals surface area contributed by atoms with Crippen LogP contribution in [0.4, 0.5) is 4.79 Å². The van der Waals surface area contributed by atoms with Crippen LogP contribution in [0.3, 0.4) is 0 Å². The lowest BCUT2D eigenvalue weighted by Gasteiger charge is -2.38. The summed E-state index contributed by atoms with van der Waals surface area (Å²) in [6.45, 7) is 10.1. The summed E-state index contributed by atoms with van der Waals surface area (Å²) in [4.78, 5) is 16.7. The van der Waals surface area contributed by atoms with Crippen LogP contribution in [0.1, 0.15) is 25.5 Å². The molecular weight excluding hydrogens is 318 g/mol. The Labute approximate surface area is 150 Å². The molecule has 0 aromatic heterocycles. The maximum Gasteiger partial charge on any atom is 0.317 e. The van der Waals surface area contributed by atoms with Crippen molar-refractivity contribution >= 4 is 6.03 Å². The zero-order valence-corrected chi connectivity index (χ0v) is 15.2. The highest BCUT2D eigenvalue weighted by Crippen LogP contribution is 2.21. The molecule has 2 heterocycles. The highest BCUT2D eigenvalue weighted by Gasteiger charge is 2.28. The van der Waals surface area contributed by atoms with E-state index < -0.39 is 0 Å². The molecule has 1 atom stereocenters. The monoisotopic (exact) mass is 347 g/mol. The van der Waals surface area contributed by atoms with Crippen molar-refractivity contribution in [1.29, 1.82) is 0 Å². The molecule has 0 radical (unpaired) electrons. The summed E-state index contributed by atoms with van der Waals surface area (Å²) >= 11 is 0. The van der Waals surface area contributed by atoms with Crippen LogP contribution in [0.2, 0.25) is 0 Å². The summed E-state index contributed by atoms with van der Waals surface area (Å²) < 4.78 is 11.5. The molecule has 2 aliphatic heterocycles. The second kappa shape index (κ2) is 8.17. The van der Waals surface area contributed by atoms with E-state index in [1.807, 2.05) is 35.2 Å². The summed E-state index contributed by atoms with van der Waals surface area (Å²) in [5.41, 5.74) is 1.02. The van der Waals surface area contributed by atoms with Gasteiger partial charge in [-0.05, 0) is 19.4 Å². The summed E-state index contributed by atoms with van der Waals surface area (Å²) in [6.07, 6.45) is -0.0410. The van der Waals surface area contributed by atoms with Crippen molar-refractivity contribution in [3.8, 4) is 0 Å². The van der Waals surface area contributed by atoms with Gasteiger partial charge >= 0.3 is 6.03 Å². The Morgan fingerprint density at radius 1 is 1.24 bits per heavy atom. The molecule has 1 aromatic carbocycles. The predicted octanol–water partition coefficient (Wildman–Crippen LogP) is 1.88. The van der Waals surface area contributed by atoms with E-state index in [0.29, 0.717) is 26.2 Å². The van der Waals surface area contributed by atoms with Crippen molar-refractivity contribution in [2.24, 2.45) is 0 Å². The molecule has 2 fully saturated rings. The van der Waals surface area contributed by atoms with Crippen molar-refractivity contribution in [3.05, 3.63) is 35.9 Å². The van der Waals surface area contributed by atoms with Gasteiger partial charge in [-0.2, -0.15) is 0 Å². The van der Waals surface area contributed by atoms with Crippen molar-refractivity contribution in [2.45, 2.75) is 25.6 Å². The molecule has 0 aliphatic carbocycles. The van der Waals surface area contributed by atoms with Gasteiger partial charge in [-0.25, -0.2) is 4.79 Å². The Kier molecular flexibility index (Phi) is 5.93. The third-order valence-corrected chi connectivity index (χ3v) is 4.73. The highest BCUT2D eigenvalue weighted by atomic mass is 16.5. The molecule has 2 aliphatic rings. The number of rotatable bonds is 4. The molecule has 25 heavy (non-hydrogen) atoms. The van der Waals surface area contributed by atoms with E-state index in [2.05, 4.69) is 24.1 Å². The lowest BCUT2D eigenvalue weighted by molar-refractivity contribution is -0.0853. The second-order valence-electron chi connectivity index (χ2n) is 7.33. The summed E-state index contributed by atoms with van der Waals surface area (Å²) in [5, 5.41) is 3.05. The number of carbonyl (C=O) groups excluding carboxylic acids is 1. The van der Waals surface area contributed by atoms with Gasteiger partial charge in [0.25, 0.3) is 0 Å². The molecule has 1 N–H and O–H groups in total. The molecule has 2 amide bonds. The molecule has 6 nitrogen and oxygen atoms in total. The number of hydrogen-bond donors (Lipinski definition) is 1. The molecule has 3 rings (SSSR count). The first-order chi connectivity index (χ1) is 12.0. The number of nitrogens with one attached hydrogen (secondary N) is 1. The van der Waals surface area contributed by atoms with Crippen LogP contribution in [0.25, 0.3) is 0 Å². The number of nitrogens with zero attached hydrogens (tertiary/aromatic N) is 2. The van der Waals surface area contributed by atoms with Crippen LogP contribution in [-0.2, 0) is 9.47 Å². The van der Waals surface area contributed by atoms with Crippen LogP contribution < -0.4 is 5.32 Å². The number of ether oxygens (including phenoxy) is 2. The van der Waals surface area contributed by atoms with E-state index in [0.717, 1.165) is 31.8 Å². The SMILES string of the molecule is CC1(C)CN(CCNC(=O)N2CCOC(c3ccccc3)C2)CCO1. The van der Waals surface area contributed by atoms with Gasteiger partial charge in [-0.1, -0.05) is 30.3 Å². The van der Waals surface area contributed by atoms with Gasteiger partial charge in [0.2, 0.25) is 0 Å². The lowest BCUT2D eigenvalue weighted by Crippen LogP contribution is -2.52. The largest absolute Gasteiger partial charge is 0.373 e. The van der Waals surface area contributed by atoms with Crippen molar-refractivity contribution in [3.63, 3.8) is 0 Å². The molecule has 1 aromatic rings. The van der Waals surface area contributed by atoms with Crippen molar-refractivity contribution in [1.82, 2.24) is 15.1 Å². The molecule has 138 valence electrons. The van der Waals surface area contributed by atoms with E-state index in [4.69, 9.17) is 9.47 Å². The summed E-state index contributed by atoms with van der Waals surface area (Å²) in [7, 11) is 0. The van der Waals surface area contributed by atoms with E-state index in [-0.39, 0.29) is 17.7 Å². The second-order valence-corrected chi connectivity index (χ2v) is 7.33. The molecule has 0 saturated carbocycles. The Bertz CT molecular complexity index is 564. The number of amides is 2. The van der Waals surface area contributed by atoms with Gasteiger partial charge in [-0.3, -0.25) is 4.90 Å². The molecule has 0 bridgehead atoms. The van der Waals surface area contributed by atoms with Crippen molar-refractivity contribution < 1.29 is 14.3 Å². The highest BCUT2D eigenvalue weighted by molar-refractivity contribution is 5.74. The average molecular weight is 347 g/mol. The Hall–Kier alpha value is -1.63. The molecule has 1 unspecified atom stereocenters. The first kappa shape index (κ1) is 18.2. The number of morpholine rings is 2. The third kappa shape index (κ3) is 5.17. The van der Waals surface area contributed by atoms with E-state index in [1.54, 1.807) is 0 Å². The zero-order valence-electron chi connectivity index (χ0n) is 15.2. The predicted molar refractivity (Wildman–Crippen MR) is 96.6 cm³/mol. The minimum Gasteiger partial charge on any atom is -0.373 e. The van der Waals surface area contributed by atoms with E-state index in [1.165, 1.54) is 0 Å².